The average Bonchev–Trinajstić information content (AvgIpc) is 3.20. The normalized spacial score (nSPS) is 14.4. The molecule has 0 fully saturated rings. The molecule has 0 saturated heterocycles. The van der Waals surface area contributed by atoms with Gasteiger partial charge in [-0.1, -0.05) is 138 Å². The maximum atomic E-state index is 12.6. The van der Waals surface area contributed by atoms with Crippen LogP contribution in [0.2, 0.25) is 0 Å². The van der Waals surface area contributed by atoms with Gasteiger partial charge in [0.2, 0.25) is 0 Å². The SMILES string of the molecule is CCCCCC=CCC=CCC=CCCCCCCC(=O)OC[C@H](COP(=O)(O)OC[C@H](N)C(=O)O)OC(=O)CCCCCCC=CCC=CCC=CCCCCC. The first-order valence-electron chi connectivity index (χ1n) is 22.0. The van der Waals surface area contributed by atoms with E-state index in [1.165, 1.54) is 38.5 Å². The minimum atomic E-state index is -4.73. The first kappa shape index (κ1) is 54.9. The second kappa shape index (κ2) is 40.7. The molecule has 0 bridgehead atoms. The van der Waals surface area contributed by atoms with Crippen LogP contribution >= 0.6 is 7.82 Å². The number of hydrogen-bond donors (Lipinski definition) is 3. The Bertz CT molecular complexity index is 1260. The fourth-order valence-electron chi connectivity index (χ4n) is 5.43. The van der Waals surface area contributed by atoms with E-state index >= 15 is 0 Å². The summed E-state index contributed by atoms with van der Waals surface area (Å²) >= 11 is 0. The molecule has 11 nitrogen and oxygen atoms in total. The van der Waals surface area contributed by atoms with Crippen molar-refractivity contribution in [3.05, 3.63) is 72.9 Å². The van der Waals surface area contributed by atoms with E-state index in [-0.39, 0.29) is 19.4 Å². The molecule has 0 aliphatic carbocycles. The topological polar surface area (TPSA) is 172 Å². The predicted molar refractivity (Wildman–Crippen MR) is 235 cm³/mol. The molecule has 0 radical (unpaired) electrons. The first-order chi connectivity index (χ1) is 28.1. The van der Waals surface area contributed by atoms with Gasteiger partial charge in [-0.3, -0.25) is 23.4 Å². The molecule has 0 aromatic heterocycles. The molecule has 58 heavy (non-hydrogen) atoms. The summed E-state index contributed by atoms with van der Waals surface area (Å²) in [7, 11) is -4.73. The number of phosphoric acid groups is 1. The second-order valence-electron chi connectivity index (χ2n) is 14.5. The average molecular weight is 836 g/mol. The van der Waals surface area contributed by atoms with Crippen LogP contribution in [-0.4, -0.2) is 59.9 Å². The summed E-state index contributed by atoms with van der Waals surface area (Å²) in [4.78, 5) is 46.0. The Hall–Kier alpha value is -3.08. The van der Waals surface area contributed by atoms with E-state index in [9.17, 15) is 23.8 Å². The van der Waals surface area contributed by atoms with Gasteiger partial charge in [0.05, 0.1) is 13.2 Å². The molecular weight excluding hydrogens is 757 g/mol. The number of unbranched alkanes of at least 4 members (excludes halogenated alkanes) is 14. The van der Waals surface area contributed by atoms with Gasteiger partial charge >= 0.3 is 25.7 Å². The van der Waals surface area contributed by atoms with Gasteiger partial charge in [-0.25, -0.2) is 4.57 Å². The highest BCUT2D eigenvalue weighted by atomic mass is 31.2. The number of aliphatic carboxylic acids is 1. The minimum absolute atomic E-state index is 0.127. The number of phosphoric ester groups is 1. The van der Waals surface area contributed by atoms with Crippen LogP contribution in [0.25, 0.3) is 0 Å². The molecule has 3 atom stereocenters. The molecule has 0 rings (SSSR count). The van der Waals surface area contributed by atoms with Crippen molar-refractivity contribution in [3.8, 4) is 0 Å². The standard InChI is InChI=1S/C46H78NO10P/c1-3-5-7-9-11-13-15-17-19-21-23-25-27-29-31-33-35-37-44(48)54-39-42(40-55-58(52,53)56-41-43(47)46(50)51)57-45(49)38-36-34-32-30-28-26-24-22-20-18-16-14-12-10-8-6-4-2/h11-14,17-20,23-26,42-43H,3-10,15-16,21-22,27-41,47H2,1-2H3,(H,50,51)(H,52,53)/t42-,43+/m1/s1. The zero-order chi connectivity index (χ0) is 42.8. The Morgan fingerprint density at radius 2 is 0.914 bits per heavy atom. The lowest BCUT2D eigenvalue weighted by molar-refractivity contribution is -0.161. The Labute approximate surface area is 350 Å². The highest BCUT2D eigenvalue weighted by Gasteiger charge is 2.28. The van der Waals surface area contributed by atoms with Crippen molar-refractivity contribution in [3.63, 3.8) is 0 Å². The fraction of sp³-hybridized carbons (Fsp3) is 0.674. The number of esters is 2. The first-order valence-corrected chi connectivity index (χ1v) is 23.5. The van der Waals surface area contributed by atoms with Gasteiger partial charge in [0.1, 0.15) is 12.6 Å². The third kappa shape index (κ3) is 39.7. The number of carboxylic acids is 1. The Morgan fingerprint density at radius 3 is 1.34 bits per heavy atom. The lowest BCUT2D eigenvalue weighted by Gasteiger charge is -2.20. The van der Waals surface area contributed by atoms with Crippen molar-refractivity contribution in [1.29, 1.82) is 0 Å². The molecule has 0 aromatic carbocycles. The Balaban J connectivity index is 4.47. The van der Waals surface area contributed by atoms with Gasteiger partial charge in [-0.15, -0.1) is 0 Å². The van der Waals surface area contributed by atoms with Crippen LogP contribution in [-0.2, 0) is 37.5 Å². The lowest BCUT2D eigenvalue weighted by atomic mass is 10.1. The molecule has 0 spiro atoms. The highest BCUT2D eigenvalue weighted by molar-refractivity contribution is 7.47. The summed E-state index contributed by atoms with van der Waals surface area (Å²) in [6.45, 7) is 2.69. The third-order valence-corrected chi connectivity index (χ3v) is 9.88. The maximum absolute atomic E-state index is 12.6. The van der Waals surface area contributed by atoms with E-state index in [1.54, 1.807) is 0 Å². The zero-order valence-electron chi connectivity index (χ0n) is 35.9. The Kier molecular flexibility index (Phi) is 38.5. The van der Waals surface area contributed by atoms with Crippen LogP contribution in [0.15, 0.2) is 72.9 Å². The predicted octanol–water partition coefficient (Wildman–Crippen LogP) is 11.7. The molecule has 4 N–H and O–H groups in total. The molecule has 1 unspecified atom stereocenters. The maximum Gasteiger partial charge on any atom is 0.472 e. The number of rotatable bonds is 40. The van der Waals surface area contributed by atoms with Crippen molar-refractivity contribution in [1.82, 2.24) is 0 Å². The number of nitrogens with two attached hydrogens (primary N) is 1. The van der Waals surface area contributed by atoms with Gasteiger partial charge in [-0.05, 0) is 89.9 Å². The van der Waals surface area contributed by atoms with E-state index in [0.29, 0.717) is 12.8 Å². The third-order valence-electron chi connectivity index (χ3n) is 8.93. The van der Waals surface area contributed by atoms with E-state index < -0.39 is 51.1 Å². The van der Waals surface area contributed by atoms with Crippen LogP contribution in [0.3, 0.4) is 0 Å². The summed E-state index contributed by atoms with van der Waals surface area (Å²) in [5.41, 5.74) is 5.33. The van der Waals surface area contributed by atoms with Gasteiger partial charge in [-0.2, -0.15) is 0 Å². The molecular formula is C46H78NO10P. The van der Waals surface area contributed by atoms with Gasteiger partial charge in [0, 0.05) is 12.8 Å². The molecule has 0 aromatic rings. The molecule has 332 valence electrons. The van der Waals surface area contributed by atoms with E-state index in [2.05, 4.69) is 91.3 Å². The van der Waals surface area contributed by atoms with Crippen molar-refractivity contribution >= 4 is 25.7 Å². The highest BCUT2D eigenvalue weighted by Crippen LogP contribution is 2.43. The monoisotopic (exact) mass is 836 g/mol. The number of carbonyl (C=O) groups is 3. The number of carboxylic acid groups (broad SMARTS) is 1. The van der Waals surface area contributed by atoms with Crippen LogP contribution in [0.4, 0.5) is 0 Å². The van der Waals surface area contributed by atoms with E-state index in [0.717, 1.165) is 89.9 Å². The summed E-state index contributed by atoms with van der Waals surface area (Å²) in [5.74, 6) is -2.44. The van der Waals surface area contributed by atoms with Crippen LogP contribution in [0, 0.1) is 0 Å². The minimum Gasteiger partial charge on any atom is -0.480 e. The van der Waals surface area contributed by atoms with E-state index in [1.807, 2.05) is 0 Å². The Morgan fingerprint density at radius 1 is 0.534 bits per heavy atom. The molecule has 0 aliphatic rings. The smallest absolute Gasteiger partial charge is 0.472 e. The molecule has 0 amide bonds. The largest absolute Gasteiger partial charge is 0.480 e. The van der Waals surface area contributed by atoms with Crippen molar-refractivity contribution in [2.45, 2.75) is 180 Å². The summed E-state index contributed by atoms with van der Waals surface area (Å²) in [6, 6.07) is -1.53. The summed E-state index contributed by atoms with van der Waals surface area (Å²) in [6.07, 6.45) is 48.1. The van der Waals surface area contributed by atoms with Gasteiger partial charge in [0.25, 0.3) is 0 Å². The number of hydrogen-bond acceptors (Lipinski definition) is 9. The van der Waals surface area contributed by atoms with Crippen molar-refractivity contribution in [2.75, 3.05) is 19.8 Å². The van der Waals surface area contributed by atoms with Gasteiger partial charge < -0.3 is 25.2 Å². The zero-order valence-corrected chi connectivity index (χ0v) is 36.8. The summed E-state index contributed by atoms with van der Waals surface area (Å²) < 4.78 is 32.7. The molecule has 0 saturated carbocycles. The summed E-state index contributed by atoms with van der Waals surface area (Å²) in [5, 5.41) is 8.89. The van der Waals surface area contributed by atoms with Crippen molar-refractivity contribution in [2.24, 2.45) is 5.73 Å². The van der Waals surface area contributed by atoms with Crippen molar-refractivity contribution < 1.29 is 47.5 Å². The van der Waals surface area contributed by atoms with Crippen LogP contribution in [0.1, 0.15) is 168 Å². The number of ether oxygens (including phenoxy) is 2. The number of allylic oxidation sites excluding steroid dienone is 12. The quantitative estimate of drug-likeness (QED) is 0.0232. The number of carbonyl (C=O) groups excluding carboxylic acids is 2. The second-order valence-corrected chi connectivity index (χ2v) is 15.9. The van der Waals surface area contributed by atoms with E-state index in [4.69, 9.17) is 24.8 Å². The molecule has 12 heteroatoms. The molecule has 0 aliphatic heterocycles. The fourth-order valence-corrected chi connectivity index (χ4v) is 6.21. The van der Waals surface area contributed by atoms with Crippen LogP contribution < -0.4 is 5.73 Å². The van der Waals surface area contributed by atoms with Gasteiger partial charge in [0.15, 0.2) is 6.10 Å². The van der Waals surface area contributed by atoms with Crippen LogP contribution in [0.5, 0.6) is 0 Å². The lowest BCUT2D eigenvalue weighted by Crippen LogP contribution is -2.34. The molecule has 0 heterocycles.